The van der Waals surface area contributed by atoms with Crippen molar-refractivity contribution in [1.29, 1.82) is 0 Å². The summed E-state index contributed by atoms with van der Waals surface area (Å²) in [7, 11) is -3.77. The van der Waals surface area contributed by atoms with Crippen molar-refractivity contribution in [2.75, 3.05) is 26.3 Å². The van der Waals surface area contributed by atoms with E-state index in [0.717, 1.165) is 54.0 Å². The number of ether oxygens (including phenoxy) is 1. The van der Waals surface area contributed by atoms with Gasteiger partial charge in [-0.3, -0.25) is 14.9 Å². The fourth-order valence-electron chi connectivity index (χ4n) is 3.61. The molecule has 1 amide bonds. The molecular formula is C24H25N3O5S. The monoisotopic (exact) mass is 467 g/mol. The van der Waals surface area contributed by atoms with Gasteiger partial charge in [-0.15, -0.1) is 0 Å². The zero-order valence-corrected chi connectivity index (χ0v) is 18.7. The number of benzene rings is 2. The second-order valence-corrected chi connectivity index (χ2v) is 9.54. The largest absolute Gasteiger partial charge is 0.379 e. The number of morpholine rings is 1. The van der Waals surface area contributed by atoms with E-state index in [1.807, 2.05) is 12.1 Å². The number of amides is 1. The van der Waals surface area contributed by atoms with Gasteiger partial charge in [0.1, 0.15) is 0 Å². The van der Waals surface area contributed by atoms with Crippen LogP contribution in [-0.2, 0) is 26.1 Å². The van der Waals surface area contributed by atoms with Crippen LogP contribution in [0.3, 0.4) is 0 Å². The average Bonchev–Trinajstić information content (AvgIpc) is 3.34. The van der Waals surface area contributed by atoms with E-state index in [1.165, 1.54) is 29.5 Å². The standard InChI is InChI=1S/C24H25N3O5S/c28-24(25-29)10-3-20-11-12-27(18-20)33(30,31)23-8-6-22(7-9-23)21-4-1-19(2-5-21)17-26-13-15-32-16-14-26/h1-12,18,29H,13-17H2,(H,25,28)/b10-3+. The van der Waals surface area contributed by atoms with E-state index in [-0.39, 0.29) is 4.90 Å². The molecule has 8 nitrogen and oxygen atoms in total. The second-order valence-electron chi connectivity index (χ2n) is 7.70. The van der Waals surface area contributed by atoms with Crippen molar-refractivity contribution in [2.45, 2.75) is 11.4 Å². The Kier molecular flexibility index (Phi) is 7.05. The first-order valence-corrected chi connectivity index (χ1v) is 11.9. The normalized spacial score (nSPS) is 15.1. The van der Waals surface area contributed by atoms with Crippen molar-refractivity contribution in [3.05, 3.63) is 84.2 Å². The molecule has 1 saturated heterocycles. The van der Waals surface area contributed by atoms with Crippen LogP contribution >= 0.6 is 0 Å². The molecule has 0 bridgehead atoms. The summed E-state index contributed by atoms with van der Waals surface area (Å²) in [6, 6.07) is 16.6. The van der Waals surface area contributed by atoms with Gasteiger partial charge in [-0.05, 0) is 46.5 Å². The number of carbonyl (C=O) groups is 1. The Labute approximate surface area is 192 Å². The Morgan fingerprint density at radius 1 is 1.00 bits per heavy atom. The topological polar surface area (TPSA) is 101 Å². The lowest BCUT2D eigenvalue weighted by Crippen LogP contribution is -2.35. The zero-order valence-electron chi connectivity index (χ0n) is 17.9. The number of hydroxylamine groups is 1. The summed E-state index contributed by atoms with van der Waals surface area (Å²) in [6.45, 7) is 4.31. The van der Waals surface area contributed by atoms with Crippen LogP contribution in [0.5, 0.6) is 0 Å². The maximum Gasteiger partial charge on any atom is 0.267 e. The molecule has 0 radical (unpaired) electrons. The lowest BCUT2D eigenvalue weighted by atomic mass is 10.0. The maximum absolute atomic E-state index is 12.9. The molecular weight excluding hydrogens is 442 g/mol. The quantitative estimate of drug-likeness (QED) is 0.315. The highest BCUT2D eigenvalue weighted by atomic mass is 32.2. The number of hydrogen-bond acceptors (Lipinski definition) is 6. The van der Waals surface area contributed by atoms with Crippen LogP contribution in [0.15, 0.2) is 78.0 Å². The van der Waals surface area contributed by atoms with E-state index in [4.69, 9.17) is 9.94 Å². The van der Waals surface area contributed by atoms with E-state index in [1.54, 1.807) is 30.3 Å². The molecule has 0 unspecified atom stereocenters. The Balaban J connectivity index is 1.45. The summed E-state index contributed by atoms with van der Waals surface area (Å²) >= 11 is 0. The van der Waals surface area contributed by atoms with Crippen molar-refractivity contribution < 1.29 is 23.2 Å². The van der Waals surface area contributed by atoms with Crippen molar-refractivity contribution in [1.82, 2.24) is 14.4 Å². The molecule has 0 saturated carbocycles. The van der Waals surface area contributed by atoms with E-state index in [0.29, 0.717) is 5.56 Å². The first-order valence-electron chi connectivity index (χ1n) is 10.5. The summed E-state index contributed by atoms with van der Waals surface area (Å²) in [6.07, 6.45) is 5.32. The molecule has 172 valence electrons. The highest BCUT2D eigenvalue weighted by molar-refractivity contribution is 7.90. The van der Waals surface area contributed by atoms with Crippen LogP contribution in [0.1, 0.15) is 11.1 Å². The van der Waals surface area contributed by atoms with Gasteiger partial charge in [0.2, 0.25) is 0 Å². The summed E-state index contributed by atoms with van der Waals surface area (Å²) in [5, 5.41) is 8.52. The van der Waals surface area contributed by atoms with Crippen molar-refractivity contribution in [2.24, 2.45) is 0 Å². The fraction of sp³-hybridized carbons (Fsp3) is 0.208. The average molecular weight is 468 g/mol. The van der Waals surface area contributed by atoms with Gasteiger partial charge < -0.3 is 4.74 Å². The van der Waals surface area contributed by atoms with Gasteiger partial charge in [0.15, 0.2) is 0 Å². The molecule has 2 N–H and O–H groups in total. The SMILES string of the molecule is O=C(/C=C/c1ccn(S(=O)(=O)c2ccc(-c3ccc(CN4CCOCC4)cc3)cc2)c1)NO. The fourth-order valence-corrected chi connectivity index (χ4v) is 4.82. The number of aromatic nitrogens is 1. The van der Waals surface area contributed by atoms with Crippen LogP contribution in [0.2, 0.25) is 0 Å². The number of hydrogen-bond donors (Lipinski definition) is 2. The lowest BCUT2D eigenvalue weighted by Gasteiger charge is -2.26. The first kappa shape index (κ1) is 22.9. The molecule has 1 aliphatic rings. The van der Waals surface area contributed by atoms with Crippen molar-refractivity contribution in [3.63, 3.8) is 0 Å². The summed E-state index contributed by atoms with van der Waals surface area (Å²) < 4.78 is 32.3. The Morgan fingerprint density at radius 2 is 1.64 bits per heavy atom. The summed E-state index contributed by atoms with van der Waals surface area (Å²) in [5.74, 6) is -0.699. The molecule has 33 heavy (non-hydrogen) atoms. The number of nitrogens with one attached hydrogen (secondary N) is 1. The third-order valence-electron chi connectivity index (χ3n) is 5.45. The zero-order chi connectivity index (χ0) is 23.3. The highest BCUT2D eigenvalue weighted by Crippen LogP contribution is 2.24. The Hall–Kier alpha value is -3.24. The van der Waals surface area contributed by atoms with Gasteiger partial charge in [0, 0.05) is 38.1 Å². The molecule has 0 spiro atoms. The maximum atomic E-state index is 12.9. The van der Waals surface area contributed by atoms with Crippen molar-refractivity contribution >= 4 is 22.0 Å². The minimum atomic E-state index is -3.77. The third kappa shape index (κ3) is 5.58. The van der Waals surface area contributed by atoms with E-state index < -0.39 is 15.9 Å². The molecule has 4 rings (SSSR count). The second kappa shape index (κ2) is 10.1. The van der Waals surface area contributed by atoms with Crippen LogP contribution in [0, 0.1) is 0 Å². The van der Waals surface area contributed by atoms with E-state index >= 15 is 0 Å². The highest BCUT2D eigenvalue weighted by Gasteiger charge is 2.17. The summed E-state index contributed by atoms with van der Waals surface area (Å²) in [5.41, 5.74) is 5.16. The Bertz CT molecular complexity index is 1230. The molecule has 9 heteroatoms. The van der Waals surface area contributed by atoms with Gasteiger partial charge in [0.25, 0.3) is 15.9 Å². The predicted molar refractivity (Wildman–Crippen MR) is 124 cm³/mol. The van der Waals surface area contributed by atoms with Crippen molar-refractivity contribution in [3.8, 4) is 11.1 Å². The molecule has 1 aromatic heterocycles. The van der Waals surface area contributed by atoms with Crippen LogP contribution in [-0.4, -0.2) is 54.7 Å². The number of rotatable bonds is 7. The number of nitrogens with zero attached hydrogens (tertiary/aromatic N) is 2. The predicted octanol–water partition coefficient (Wildman–Crippen LogP) is 2.74. The molecule has 0 atom stereocenters. The van der Waals surface area contributed by atoms with Gasteiger partial charge in [0.05, 0.1) is 18.1 Å². The molecule has 2 aromatic carbocycles. The minimum absolute atomic E-state index is 0.161. The lowest BCUT2D eigenvalue weighted by molar-refractivity contribution is -0.124. The van der Waals surface area contributed by atoms with E-state index in [9.17, 15) is 13.2 Å². The van der Waals surface area contributed by atoms with Gasteiger partial charge in [-0.1, -0.05) is 36.4 Å². The van der Waals surface area contributed by atoms with Gasteiger partial charge >= 0.3 is 0 Å². The van der Waals surface area contributed by atoms with Crippen LogP contribution in [0.4, 0.5) is 0 Å². The number of carbonyl (C=O) groups excluding carboxylic acids is 1. The Morgan fingerprint density at radius 3 is 2.27 bits per heavy atom. The van der Waals surface area contributed by atoms with E-state index in [2.05, 4.69) is 17.0 Å². The van der Waals surface area contributed by atoms with Crippen LogP contribution in [0.25, 0.3) is 17.2 Å². The minimum Gasteiger partial charge on any atom is -0.379 e. The molecule has 0 aliphatic carbocycles. The summed E-state index contributed by atoms with van der Waals surface area (Å²) in [4.78, 5) is 13.6. The molecule has 1 fully saturated rings. The third-order valence-corrected chi connectivity index (χ3v) is 7.10. The molecule has 2 heterocycles. The van der Waals surface area contributed by atoms with Crippen LogP contribution < -0.4 is 5.48 Å². The smallest absolute Gasteiger partial charge is 0.267 e. The first-order chi connectivity index (χ1) is 16.0. The van der Waals surface area contributed by atoms with Gasteiger partial charge in [-0.25, -0.2) is 17.9 Å². The van der Waals surface area contributed by atoms with Gasteiger partial charge in [-0.2, -0.15) is 0 Å². The molecule has 3 aromatic rings. The molecule has 1 aliphatic heterocycles.